The molecule has 2 saturated heterocycles. The summed E-state index contributed by atoms with van der Waals surface area (Å²) in [5, 5.41) is 11.9. The molecule has 3 rings (SSSR count). The molecule has 1 aromatic carbocycles. The summed E-state index contributed by atoms with van der Waals surface area (Å²) in [6, 6.07) is 9.35. The summed E-state index contributed by atoms with van der Waals surface area (Å²) in [4.78, 5) is 38.1. The molecule has 7 nitrogen and oxygen atoms in total. The van der Waals surface area contributed by atoms with Gasteiger partial charge in [-0.15, -0.1) is 23.5 Å². The monoisotopic (exact) mass is 452 g/mol. The van der Waals surface area contributed by atoms with Crippen molar-refractivity contribution in [2.75, 3.05) is 32.0 Å². The van der Waals surface area contributed by atoms with E-state index < -0.39 is 17.3 Å². The fourth-order valence-electron chi connectivity index (χ4n) is 3.68. The average molecular weight is 453 g/mol. The van der Waals surface area contributed by atoms with Crippen molar-refractivity contribution in [3.63, 3.8) is 0 Å². The zero-order valence-electron chi connectivity index (χ0n) is 17.0. The van der Waals surface area contributed by atoms with E-state index in [0.717, 1.165) is 12.0 Å². The molecular weight excluding hydrogens is 424 g/mol. The van der Waals surface area contributed by atoms with Crippen LogP contribution in [0.25, 0.3) is 0 Å². The summed E-state index contributed by atoms with van der Waals surface area (Å²) < 4.78 is 4.96. The Hall–Kier alpha value is -1.71. The lowest BCUT2D eigenvalue weighted by molar-refractivity contribution is -0.146. The molecule has 2 aliphatic heterocycles. The van der Waals surface area contributed by atoms with Gasteiger partial charge in [-0.25, -0.2) is 0 Å². The first-order chi connectivity index (χ1) is 14.4. The van der Waals surface area contributed by atoms with Crippen LogP contribution in [-0.2, 0) is 25.5 Å². The Balaban J connectivity index is 1.51. The second-order valence-electron chi connectivity index (χ2n) is 7.44. The Bertz CT molecular complexity index is 763. The normalized spacial score (nSPS) is 24.2. The molecule has 0 aliphatic carbocycles. The van der Waals surface area contributed by atoms with Gasteiger partial charge in [0.15, 0.2) is 0 Å². The predicted octanol–water partition coefficient (Wildman–Crippen LogP) is 2.00. The van der Waals surface area contributed by atoms with Gasteiger partial charge >= 0.3 is 11.9 Å². The van der Waals surface area contributed by atoms with E-state index in [1.807, 2.05) is 30.3 Å². The Morgan fingerprint density at radius 2 is 2.10 bits per heavy atom. The Morgan fingerprint density at radius 1 is 1.33 bits per heavy atom. The van der Waals surface area contributed by atoms with E-state index in [0.29, 0.717) is 38.3 Å². The van der Waals surface area contributed by atoms with Gasteiger partial charge in [0, 0.05) is 18.8 Å². The van der Waals surface area contributed by atoms with Gasteiger partial charge in [-0.3, -0.25) is 19.7 Å². The maximum Gasteiger partial charge on any atom is 0.323 e. The number of rotatable bonds is 9. The van der Waals surface area contributed by atoms with E-state index in [2.05, 4.69) is 5.32 Å². The Kier molecular flexibility index (Phi) is 8.07. The van der Waals surface area contributed by atoms with E-state index in [9.17, 15) is 19.5 Å². The first-order valence-corrected chi connectivity index (χ1v) is 12.1. The second kappa shape index (κ2) is 10.5. The van der Waals surface area contributed by atoms with E-state index in [1.54, 1.807) is 23.6 Å². The molecular formula is C21H28N2O5S2. The third kappa shape index (κ3) is 5.92. The topological polar surface area (TPSA) is 95.9 Å². The van der Waals surface area contributed by atoms with Crippen molar-refractivity contribution in [3.05, 3.63) is 35.9 Å². The number of amides is 1. The van der Waals surface area contributed by atoms with Gasteiger partial charge in [0.1, 0.15) is 11.3 Å². The number of nitrogens with one attached hydrogen (secondary N) is 1. The molecule has 0 bridgehead atoms. The van der Waals surface area contributed by atoms with Crippen LogP contribution in [0.4, 0.5) is 0 Å². The van der Waals surface area contributed by atoms with Gasteiger partial charge in [-0.05, 0) is 31.7 Å². The number of carboxylic acid groups (broad SMARTS) is 1. The van der Waals surface area contributed by atoms with Crippen LogP contribution in [0.1, 0.15) is 25.3 Å². The number of aryl methyl sites for hydroxylation is 1. The highest BCUT2D eigenvalue weighted by atomic mass is 32.2. The molecule has 2 fully saturated rings. The fraction of sp³-hybridized carbons (Fsp3) is 0.571. The third-order valence-corrected chi connectivity index (χ3v) is 8.94. The number of carbonyl (C=O) groups is 3. The number of thioether (sulfide) groups is 2. The SMILES string of the molecule is CCOC(=O)C(CCc1ccccc1)NCC(=O)N1CC[C@]2(C1)SCC(C(=O)O)S2. The van der Waals surface area contributed by atoms with Gasteiger partial charge < -0.3 is 14.7 Å². The van der Waals surface area contributed by atoms with Crippen molar-refractivity contribution in [1.82, 2.24) is 10.2 Å². The quantitative estimate of drug-likeness (QED) is 0.550. The highest BCUT2D eigenvalue weighted by Gasteiger charge is 2.48. The molecule has 0 aromatic heterocycles. The van der Waals surface area contributed by atoms with Crippen LogP contribution in [0.15, 0.2) is 30.3 Å². The number of aliphatic carboxylic acids is 1. The minimum absolute atomic E-state index is 0.0616. The van der Waals surface area contributed by atoms with E-state index in [1.165, 1.54) is 11.8 Å². The summed E-state index contributed by atoms with van der Waals surface area (Å²) in [6.07, 6.45) is 2.04. The smallest absolute Gasteiger partial charge is 0.323 e. The first kappa shape index (κ1) is 23.0. The third-order valence-electron chi connectivity index (χ3n) is 5.31. The molecule has 2 N–H and O–H groups in total. The molecule has 164 valence electrons. The van der Waals surface area contributed by atoms with Crippen LogP contribution >= 0.6 is 23.5 Å². The number of carboxylic acids is 1. The lowest BCUT2D eigenvalue weighted by atomic mass is 10.1. The first-order valence-electron chi connectivity index (χ1n) is 10.2. The number of esters is 1. The maximum absolute atomic E-state index is 12.7. The molecule has 30 heavy (non-hydrogen) atoms. The molecule has 1 amide bonds. The fourth-order valence-corrected chi connectivity index (χ4v) is 7.12. The predicted molar refractivity (Wildman–Crippen MR) is 119 cm³/mol. The summed E-state index contributed by atoms with van der Waals surface area (Å²) >= 11 is 3.11. The molecule has 0 radical (unpaired) electrons. The van der Waals surface area contributed by atoms with Crippen LogP contribution in [0.3, 0.4) is 0 Å². The van der Waals surface area contributed by atoms with Crippen LogP contribution < -0.4 is 5.32 Å². The highest BCUT2D eigenvalue weighted by Crippen LogP contribution is 2.53. The Labute approximate surface area is 185 Å². The summed E-state index contributed by atoms with van der Waals surface area (Å²) in [5.74, 6) is -0.622. The van der Waals surface area contributed by atoms with E-state index in [-0.39, 0.29) is 22.5 Å². The number of hydrogen-bond acceptors (Lipinski definition) is 7. The van der Waals surface area contributed by atoms with Crippen molar-refractivity contribution >= 4 is 41.4 Å². The molecule has 3 atom stereocenters. The van der Waals surface area contributed by atoms with Crippen molar-refractivity contribution in [3.8, 4) is 0 Å². The van der Waals surface area contributed by atoms with Crippen molar-refractivity contribution in [2.45, 2.75) is 41.6 Å². The van der Waals surface area contributed by atoms with Gasteiger partial charge in [-0.2, -0.15) is 0 Å². The molecule has 2 heterocycles. The number of benzene rings is 1. The van der Waals surface area contributed by atoms with Crippen molar-refractivity contribution in [1.29, 1.82) is 0 Å². The summed E-state index contributed by atoms with van der Waals surface area (Å²) in [7, 11) is 0. The minimum atomic E-state index is -0.786. The van der Waals surface area contributed by atoms with Gasteiger partial charge in [0.05, 0.1) is 17.2 Å². The van der Waals surface area contributed by atoms with Crippen LogP contribution in [0.2, 0.25) is 0 Å². The van der Waals surface area contributed by atoms with Crippen LogP contribution in [0.5, 0.6) is 0 Å². The standard InChI is InChI=1S/C21H28N2O5S2/c1-2-28-20(27)16(9-8-15-6-4-3-5-7-15)22-12-18(24)23-11-10-21(14-23)29-13-17(30-21)19(25)26/h3-7,16-17,22H,2,8-14H2,1H3,(H,25,26)/t16?,17?,21-/m0/s1. The molecule has 0 saturated carbocycles. The van der Waals surface area contributed by atoms with Crippen LogP contribution in [0, 0.1) is 0 Å². The molecule has 1 aromatic rings. The lowest BCUT2D eigenvalue weighted by Crippen LogP contribution is -2.45. The molecule has 2 unspecified atom stereocenters. The number of nitrogens with zero attached hydrogens (tertiary/aromatic N) is 1. The zero-order chi connectivity index (χ0) is 21.6. The average Bonchev–Trinajstić information content (AvgIpc) is 3.36. The van der Waals surface area contributed by atoms with Crippen molar-refractivity contribution < 1.29 is 24.2 Å². The minimum Gasteiger partial charge on any atom is -0.480 e. The highest BCUT2D eigenvalue weighted by molar-refractivity contribution is 8.22. The van der Waals surface area contributed by atoms with Gasteiger partial charge in [0.2, 0.25) is 5.91 Å². The van der Waals surface area contributed by atoms with Crippen molar-refractivity contribution in [2.24, 2.45) is 0 Å². The largest absolute Gasteiger partial charge is 0.480 e. The summed E-state index contributed by atoms with van der Waals surface area (Å²) in [6.45, 7) is 3.28. The lowest BCUT2D eigenvalue weighted by Gasteiger charge is -2.23. The number of carbonyl (C=O) groups excluding carboxylic acids is 2. The molecule has 1 spiro atoms. The zero-order valence-corrected chi connectivity index (χ0v) is 18.7. The Morgan fingerprint density at radius 3 is 2.77 bits per heavy atom. The van der Waals surface area contributed by atoms with Gasteiger partial charge in [0.25, 0.3) is 0 Å². The summed E-state index contributed by atoms with van der Waals surface area (Å²) in [5.41, 5.74) is 1.13. The van der Waals surface area contributed by atoms with Crippen LogP contribution in [-0.4, -0.2) is 75.2 Å². The van der Waals surface area contributed by atoms with Gasteiger partial charge in [-0.1, -0.05) is 30.3 Å². The number of hydrogen-bond donors (Lipinski definition) is 2. The molecule has 2 aliphatic rings. The second-order valence-corrected chi connectivity index (χ2v) is 10.7. The van der Waals surface area contributed by atoms with E-state index in [4.69, 9.17) is 4.74 Å². The molecule has 9 heteroatoms. The number of likely N-dealkylation sites (tertiary alicyclic amines) is 1. The van der Waals surface area contributed by atoms with E-state index >= 15 is 0 Å². The maximum atomic E-state index is 12.7. The number of ether oxygens (including phenoxy) is 1.